The van der Waals surface area contributed by atoms with Crippen LogP contribution in [0.5, 0.6) is 0 Å². The van der Waals surface area contributed by atoms with Gasteiger partial charge in [-0.05, 0) is 20.8 Å². The molecule has 7 nitrogen and oxygen atoms in total. The Hall–Kier alpha value is -1.41. The lowest BCUT2D eigenvalue weighted by atomic mass is 10.1. The van der Waals surface area contributed by atoms with Crippen LogP contribution in [0.4, 0.5) is 0 Å². The number of hydrogen-bond acceptors (Lipinski definition) is 5. The molecular weight excluding hydrogens is 290 g/mol. The molecule has 2 aromatic rings. The highest BCUT2D eigenvalue weighted by Gasteiger charge is 2.30. The lowest BCUT2D eigenvalue weighted by molar-refractivity contribution is 0.366. The molecule has 0 aliphatic rings. The van der Waals surface area contributed by atoms with E-state index < -0.39 is 14.6 Å². The Morgan fingerprint density at radius 1 is 1.26 bits per heavy atom. The Balaban J connectivity index is 2.79. The third-order valence-corrected chi connectivity index (χ3v) is 3.68. The molecule has 0 radical (unpaired) electrons. The number of aromatic nitrogens is 5. The zero-order valence-corrected chi connectivity index (χ0v) is 12.6. The second-order valence-electron chi connectivity index (χ2n) is 5.14. The molecule has 2 aromatic heterocycles. The molecule has 2 heterocycles. The number of nitrogens with zero attached hydrogens (tertiary/aromatic N) is 5. The van der Waals surface area contributed by atoms with Gasteiger partial charge in [0.15, 0.2) is 5.82 Å². The molecule has 0 amide bonds. The molecule has 19 heavy (non-hydrogen) atoms. The summed E-state index contributed by atoms with van der Waals surface area (Å²) in [6.45, 7) is 5.55. The van der Waals surface area contributed by atoms with Gasteiger partial charge in [-0.2, -0.15) is 0 Å². The van der Waals surface area contributed by atoms with Crippen molar-refractivity contribution >= 4 is 19.7 Å². The van der Waals surface area contributed by atoms with Crippen LogP contribution in [0.3, 0.4) is 0 Å². The van der Waals surface area contributed by atoms with E-state index in [4.69, 9.17) is 10.7 Å². The molecular formula is C10H14ClN5O2S. The van der Waals surface area contributed by atoms with Gasteiger partial charge >= 0.3 is 0 Å². The van der Waals surface area contributed by atoms with Crippen molar-refractivity contribution in [3.05, 3.63) is 12.5 Å². The molecule has 0 saturated carbocycles. The van der Waals surface area contributed by atoms with Crippen LogP contribution in [0.1, 0.15) is 20.8 Å². The molecule has 0 unspecified atom stereocenters. The van der Waals surface area contributed by atoms with E-state index in [1.807, 2.05) is 20.8 Å². The molecule has 2 rings (SSSR count). The van der Waals surface area contributed by atoms with Gasteiger partial charge < -0.3 is 4.57 Å². The molecule has 0 spiro atoms. The average Bonchev–Trinajstić information content (AvgIpc) is 2.79. The van der Waals surface area contributed by atoms with Crippen LogP contribution in [-0.2, 0) is 21.6 Å². The molecule has 9 heteroatoms. The van der Waals surface area contributed by atoms with Crippen molar-refractivity contribution in [1.29, 1.82) is 0 Å². The summed E-state index contributed by atoms with van der Waals surface area (Å²) < 4.78 is 26.4. The summed E-state index contributed by atoms with van der Waals surface area (Å²) in [5.74, 6) is 0.409. The molecule has 0 saturated heterocycles. The van der Waals surface area contributed by atoms with E-state index in [0.717, 1.165) is 0 Å². The van der Waals surface area contributed by atoms with E-state index in [2.05, 4.69) is 15.2 Å². The molecule has 104 valence electrons. The lowest BCUT2D eigenvalue weighted by Crippen LogP contribution is -2.26. The Morgan fingerprint density at radius 3 is 2.32 bits per heavy atom. The molecule has 0 bridgehead atoms. The Bertz CT molecular complexity index is 711. The standard InChI is InChI=1S/C10H14ClN5O2S/c1-10(2,3)16-8(7-5-12-6-15(7)4)13-14-9(16)19(11,17)18/h5-6H,1-4H3. The first kappa shape index (κ1) is 14.0. The van der Waals surface area contributed by atoms with Gasteiger partial charge in [-0.25, -0.2) is 13.4 Å². The van der Waals surface area contributed by atoms with Gasteiger partial charge in [-0.1, -0.05) is 0 Å². The lowest BCUT2D eigenvalue weighted by Gasteiger charge is -2.23. The van der Waals surface area contributed by atoms with Crippen molar-refractivity contribution in [2.24, 2.45) is 7.05 Å². The summed E-state index contributed by atoms with van der Waals surface area (Å²) in [4.78, 5) is 3.99. The minimum Gasteiger partial charge on any atom is -0.331 e. The predicted octanol–water partition coefficient (Wildman–Crippen LogP) is 1.36. The van der Waals surface area contributed by atoms with Crippen molar-refractivity contribution in [2.75, 3.05) is 0 Å². The highest BCUT2D eigenvalue weighted by Crippen LogP contribution is 2.28. The highest BCUT2D eigenvalue weighted by atomic mass is 35.7. The Kier molecular flexibility index (Phi) is 3.18. The minimum absolute atomic E-state index is 0.266. The SMILES string of the molecule is Cn1cncc1-c1nnc(S(=O)(=O)Cl)n1C(C)(C)C. The monoisotopic (exact) mass is 303 g/mol. The maximum atomic E-state index is 11.6. The van der Waals surface area contributed by atoms with Crippen LogP contribution < -0.4 is 0 Å². The number of hydrogen-bond donors (Lipinski definition) is 0. The van der Waals surface area contributed by atoms with E-state index in [-0.39, 0.29) is 5.16 Å². The largest absolute Gasteiger partial charge is 0.331 e. The fourth-order valence-electron chi connectivity index (χ4n) is 1.77. The van der Waals surface area contributed by atoms with Crippen molar-refractivity contribution < 1.29 is 8.42 Å². The Labute approximate surface area is 115 Å². The van der Waals surface area contributed by atoms with Gasteiger partial charge in [0.2, 0.25) is 0 Å². The topological polar surface area (TPSA) is 82.7 Å². The number of rotatable bonds is 2. The predicted molar refractivity (Wildman–Crippen MR) is 70.3 cm³/mol. The number of imidazole rings is 1. The zero-order valence-electron chi connectivity index (χ0n) is 11.0. The number of aryl methyl sites for hydroxylation is 1. The summed E-state index contributed by atoms with van der Waals surface area (Å²) in [6.07, 6.45) is 3.20. The van der Waals surface area contributed by atoms with Gasteiger partial charge in [0.05, 0.1) is 12.5 Å². The second kappa shape index (κ2) is 4.31. The minimum atomic E-state index is -3.97. The van der Waals surface area contributed by atoms with Crippen LogP contribution in [0, 0.1) is 0 Å². The van der Waals surface area contributed by atoms with Crippen molar-refractivity contribution in [1.82, 2.24) is 24.3 Å². The zero-order chi connectivity index (χ0) is 14.4. The van der Waals surface area contributed by atoms with E-state index in [9.17, 15) is 8.42 Å². The summed E-state index contributed by atoms with van der Waals surface area (Å²) in [6, 6.07) is 0. The first-order valence-corrected chi connectivity index (χ1v) is 7.80. The average molecular weight is 304 g/mol. The molecule has 0 N–H and O–H groups in total. The van der Waals surface area contributed by atoms with E-state index in [0.29, 0.717) is 11.5 Å². The maximum Gasteiger partial charge on any atom is 0.296 e. The highest BCUT2D eigenvalue weighted by molar-refractivity contribution is 8.13. The third-order valence-electron chi connectivity index (χ3n) is 2.57. The molecule has 0 fully saturated rings. The molecule has 0 atom stereocenters. The van der Waals surface area contributed by atoms with Gasteiger partial charge in [0, 0.05) is 23.3 Å². The third kappa shape index (κ3) is 2.50. The molecule has 0 aromatic carbocycles. The quantitative estimate of drug-likeness (QED) is 0.782. The van der Waals surface area contributed by atoms with Crippen LogP contribution in [-0.4, -0.2) is 32.7 Å². The molecule has 0 aliphatic carbocycles. The second-order valence-corrected chi connectivity index (χ2v) is 7.60. The number of halogens is 1. The van der Waals surface area contributed by atoms with Crippen molar-refractivity contribution in [3.8, 4) is 11.5 Å². The smallest absolute Gasteiger partial charge is 0.296 e. The van der Waals surface area contributed by atoms with Crippen LogP contribution in [0.2, 0.25) is 0 Å². The van der Waals surface area contributed by atoms with Crippen LogP contribution in [0.25, 0.3) is 11.5 Å². The van der Waals surface area contributed by atoms with Gasteiger partial charge in [-0.3, -0.25) is 4.57 Å². The van der Waals surface area contributed by atoms with Gasteiger partial charge in [0.25, 0.3) is 14.2 Å². The van der Waals surface area contributed by atoms with Crippen LogP contribution in [0.15, 0.2) is 17.7 Å². The fourth-order valence-corrected chi connectivity index (χ4v) is 2.79. The van der Waals surface area contributed by atoms with E-state index in [1.165, 1.54) is 4.57 Å². The van der Waals surface area contributed by atoms with Gasteiger partial charge in [0.1, 0.15) is 5.69 Å². The Morgan fingerprint density at radius 2 is 1.89 bits per heavy atom. The van der Waals surface area contributed by atoms with Gasteiger partial charge in [-0.15, -0.1) is 10.2 Å². The first-order valence-electron chi connectivity index (χ1n) is 5.49. The van der Waals surface area contributed by atoms with Crippen molar-refractivity contribution in [3.63, 3.8) is 0 Å². The normalized spacial score (nSPS) is 12.9. The summed E-state index contributed by atoms with van der Waals surface area (Å²) >= 11 is 0. The van der Waals surface area contributed by atoms with Crippen LogP contribution >= 0.6 is 10.7 Å². The summed E-state index contributed by atoms with van der Waals surface area (Å²) in [5.41, 5.74) is 0.120. The first-order chi connectivity index (χ1) is 8.62. The van der Waals surface area contributed by atoms with Crippen molar-refractivity contribution in [2.45, 2.75) is 31.5 Å². The van der Waals surface area contributed by atoms with E-state index >= 15 is 0 Å². The van der Waals surface area contributed by atoms with E-state index in [1.54, 1.807) is 24.1 Å². The maximum absolute atomic E-state index is 11.6. The fraction of sp³-hybridized carbons (Fsp3) is 0.500. The summed E-state index contributed by atoms with van der Waals surface area (Å²) in [7, 11) is 3.23. The molecule has 0 aliphatic heterocycles. The summed E-state index contributed by atoms with van der Waals surface area (Å²) in [5, 5.41) is 7.38.